The maximum absolute atomic E-state index is 13.5. The number of hydrogen-bond acceptors (Lipinski definition) is 5. The quantitative estimate of drug-likeness (QED) is 0.275. The van der Waals surface area contributed by atoms with E-state index in [2.05, 4.69) is 36.3 Å². The summed E-state index contributed by atoms with van der Waals surface area (Å²) in [6, 6.07) is 13.4. The van der Waals surface area contributed by atoms with Crippen molar-refractivity contribution >= 4 is 11.9 Å². The maximum atomic E-state index is 13.5. The number of rotatable bonds is 13. The van der Waals surface area contributed by atoms with Gasteiger partial charge in [-0.3, -0.25) is 4.79 Å². The fourth-order valence-electron chi connectivity index (χ4n) is 5.31. The molecule has 1 unspecified atom stereocenters. The van der Waals surface area contributed by atoms with Crippen molar-refractivity contribution in [1.82, 2.24) is 10.2 Å². The summed E-state index contributed by atoms with van der Waals surface area (Å²) >= 11 is 0. The molecule has 0 bridgehead atoms. The summed E-state index contributed by atoms with van der Waals surface area (Å²) in [5, 5.41) is 2.91. The van der Waals surface area contributed by atoms with Crippen molar-refractivity contribution in [2.45, 2.75) is 70.9 Å². The number of carbonyl (C=O) groups excluding carboxylic acids is 2. The van der Waals surface area contributed by atoms with Gasteiger partial charge in [0, 0.05) is 25.8 Å². The molecule has 0 spiro atoms. The number of nitrogens with zero attached hydrogens (tertiary/aromatic N) is 1. The molecule has 1 fully saturated rings. The molecule has 2 aromatic carbocycles. The van der Waals surface area contributed by atoms with Gasteiger partial charge in [-0.15, -0.1) is 0 Å². The van der Waals surface area contributed by atoms with Crippen LogP contribution in [-0.2, 0) is 20.8 Å². The Kier molecular flexibility index (Phi) is 11.6. The average Bonchev–Trinajstić information content (AvgIpc) is 2.91. The first-order valence-corrected chi connectivity index (χ1v) is 13.7. The third-order valence-electron chi connectivity index (χ3n) is 7.49. The molecule has 0 aromatic heterocycles. The second-order valence-corrected chi connectivity index (χ2v) is 10.4. The third kappa shape index (κ3) is 8.68. The Bertz CT molecular complexity index is 1020. The van der Waals surface area contributed by atoms with Crippen LogP contribution in [0.1, 0.15) is 72.9 Å². The number of methoxy groups -OCH3 is 2. The van der Waals surface area contributed by atoms with Crippen LogP contribution in [0.3, 0.4) is 0 Å². The van der Waals surface area contributed by atoms with Crippen molar-refractivity contribution in [3.63, 3.8) is 0 Å². The standard InChI is InChI=1S/C31H44N2O4/c1-23-11-8-9-14-26(23)28-21-25(22-33(2)19-18-24-12-6-5-7-13-24)16-17-27(28)30(34)32-29(31(35)37-4)15-10-20-36-3/h8-9,11,14,16-17,21,24,29H,5-7,10,12-13,15,18-20,22H2,1-4H3,(H,32,34). The van der Waals surface area contributed by atoms with Crippen molar-refractivity contribution in [2.75, 3.05) is 34.4 Å². The van der Waals surface area contributed by atoms with E-state index in [1.165, 1.54) is 51.2 Å². The summed E-state index contributed by atoms with van der Waals surface area (Å²) in [6.45, 7) is 4.48. The predicted octanol–water partition coefficient (Wildman–Crippen LogP) is 5.76. The van der Waals surface area contributed by atoms with Gasteiger partial charge in [0.05, 0.1) is 7.11 Å². The molecule has 2 aromatic rings. The van der Waals surface area contributed by atoms with Crippen LogP contribution in [0.25, 0.3) is 11.1 Å². The Morgan fingerprint density at radius 1 is 1.05 bits per heavy atom. The van der Waals surface area contributed by atoms with E-state index in [4.69, 9.17) is 9.47 Å². The van der Waals surface area contributed by atoms with Crippen LogP contribution in [0.15, 0.2) is 42.5 Å². The molecular weight excluding hydrogens is 464 g/mol. The van der Waals surface area contributed by atoms with Crippen molar-refractivity contribution in [3.8, 4) is 11.1 Å². The first-order valence-electron chi connectivity index (χ1n) is 13.7. The van der Waals surface area contributed by atoms with E-state index < -0.39 is 12.0 Å². The number of aryl methyl sites for hydroxylation is 1. The molecular formula is C31H44N2O4. The topological polar surface area (TPSA) is 67.9 Å². The Hall–Kier alpha value is -2.70. The lowest BCUT2D eigenvalue weighted by Crippen LogP contribution is -2.41. The van der Waals surface area contributed by atoms with Gasteiger partial charge in [-0.2, -0.15) is 0 Å². The Morgan fingerprint density at radius 2 is 1.81 bits per heavy atom. The van der Waals surface area contributed by atoms with Gasteiger partial charge in [0.15, 0.2) is 0 Å². The first-order chi connectivity index (χ1) is 17.9. The van der Waals surface area contributed by atoms with E-state index in [9.17, 15) is 9.59 Å². The zero-order chi connectivity index (χ0) is 26.6. The molecule has 1 aliphatic rings. The summed E-state index contributed by atoms with van der Waals surface area (Å²) in [5.41, 5.74) is 4.74. The van der Waals surface area contributed by atoms with E-state index in [1.54, 1.807) is 7.11 Å². The van der Waals surface area contributed by atoms with E-state index in [1.807, 2.05) is 30.3 Å². The highest BCUT2D eigenvalue weighted by Crippen LogP contribution is 2.29. The summed E-state index contributed by atoms with van der Waals surface area (Å²) in [5.74, 6) is 0.137. The molecule has 6 nitrogen and oxygen atoms in total. The van der Waals surface area contributed by atoms with Gasteiger partial charge in [0.2, 0.25) is 0 Å². The van der Waals surface area contributed by atoms with E-state index in [-0.39, 0.29) is 5.91 Å². The fraction of sp³-hybridized carbons (Fsp3) is 0.548. The maximum Gasteiger partial charge on any atom is 0.328 e. The molecule has 0 radical (unpaired) electrons. The van der Waals surface area contributed by atoms with Crippen molar-refractivity contribution in [1.29, 1.82) is 0 Å². The summed E-state index contributed by atoms with van der Waals surface area (Å²) in [4.78, 5) is 28.2. The van der Waals surface area contributed by atoms with E-state index in [0.29, 0.717) is 25.0 Å². The lowest BCUT2D eigenvalue weighted by molar-refractivity contribution is -0.143. The van der Waals surface area contributed by atoms with Gasteiger partial charge in [-0.25, -0.2) is 4.79 Å². The SMILES string of the molecule is COCCCC(NC(=O)c1ccc(CN(C)CCC2CCCCC2)cc1-c1ccccc1C)C(=O)OC. The second-order valence-electron chi connectivity index (χ2n) is 10.4. The summed E-state index contributed by atoms with van der Waals surface area (Å²) < 4.78 is 10.1. The third-order valence-corrected chi connectivity index (χ3v) is 7.49. The number of nitrogens with one attached hydrogen (secondary N) is 1. The van der Waals surface area contributed by atoms with Gasteiger partial charge in [-0.1, -0.05) is 62.4 Å². The molecule has 1 aliphatic carbocycles. The lowest BCUT2D eigenvalue weighted by Gasteiger charge is -2.25. The van der Waals surface area contributed by atoms with E-state index in [0.717, 1.165) is 35.7 Å². The highest BCUT2D eigenvalue weighted by atomic mass is 16.5. The van der Waals surface area contributed by atoms with Crippen LogP contribution >= 0.6 is 0 Å². The van der Waals surface area contributed by atoms with Crippen LogP contribution < -0.4 is 5.32 Å². The Morgan fingerprint density at radius 3 is 2.51 bits per heavy atom. The number of ether oxygens (including phenoxy) is 2. The van der Waals surface area contributed by atoms with Crippen LogP contribution in [0.4, 0.5) is 0 Å². The van der Waals surface area contributed by atoms with E-state index >= 15 is 0 Å². The van der Waals surface area contributed by atoms with Crippen molar-refractivity contribution in [2.24, 2.45) is 5.92 Å². The molecule has 1 saturated carbocycles. The van der Waals surface area contributed by atoms with Gasteiger partial charge < -0.3 is 19.7 Å². The molecule has 1 N–H and O–H groups in total. The molecule has 0 saturated heterocycles. The predicted molar refractivity (Wildman–Crippen MR) is 149 cm³/mol. The summed E-state index contributed by atoms with van der Waals surface area (Å²) in [7, 11) is 5.14. The molecule has 1 atom stereocenters. The smallest absolute Gasteiger partial charge is 0.328 e. The van der Waals surface area contributed by atoms with Crippen molar-refractivity contribution in [3.05, 3.63) is 59.2 Å². The van der Waals surface area contributed by atoms with Crippen LogP contribution in [0.5, 0.6) is 0 Å². The number of amides is 1. The molecule has 37 heavy (non-hydrogen) atoms. The fourth-order valence-corrected chi connectivity index (χ4v) is 5.31. The monoisotopic (exact) mass is 508 g/mol. The number of carbonyl (C=O) groups is 2. The van der Waals surface area contributed by atoms with Gasteiger partial charge >= 0.3 is 5.97 Å². The molecule has 202 valence electrons. The largest absolute Gasteiger partial charge is 0.467 e. The zero-order valence-electron chi connectivity index (χ0n) is 23.1. The molecule has 1 amide bonds. The van der Waals surface area contributed by atoms with Crippen molar-refractivity contribution < 1.29 is 19.1 Å². The second kappa shape index (κ2) is 14.9. The Balaban J connectivity index is 1.79. The molecule has 6 heteroatoms. The van der Waals surface area contributed by atoms with Gasteiger partial charge in [-0.05, 0) is 80.1 Å². The average molecular weight is 509 g/mol. The van der Waals surface area contributed by atoms with Crippen LogP contribution in [0.2, 0.25) is 0 Å². The normalized spacial score (nSPS) is 14.9. The minimum Gasteiger partial charge on any atom is -0.467 e. The highest BCUT2D eigenvalue weighted by molar-refractivity contribution is 6.02. The molecule has 3 rings (SSSR count). The molecule has 0 heterocycles. The van der Waals surface area contributed by atoms with Gasteiger partial charge in [0.1, 0.15) is 6.04 Å². The first kappa shape index (κ1) is 28.9. The Labute approximate surface area is 222 Å². The minimum atomic E-state index is -0.719. The van der Waals surface area contributed by atoms with Crippen LogP contribution in [-0.4, -0.2) is 57.2 Å². The number of benzene rings is 2. The highest BCUT2D eigenvalue weighted by Gasteiger charge is 2.24. The number of hydrogen-bond donors (Lipinski definition) is 1. The van der Waals surface area contributed by atoms with Crippen LogP contribution in [0, 0.1) is 12.8 Å². The molecule has 0 aliphatic heterocycles. The number of esters is 1. The minimum absolute atomic E-state index is 0.275. The summed E-state index contributed by atoms with van der Waals surface area (Å²) in [6.07, 6.45) is 9.23. The van der Waals surface area contributed by atoms with Gasteiger partial charge in [0.25, 0.3) is 5.91 Å². The zero-order valence-corrected chi connectivity index (χ0v) is 23.1. The lowest BCUT2D eigenvalue weighted by atomic mass is 9.87.